The SMILES string of the molecule is BC(c1ccc([N+](=O)[O-])cc1)c1cccc(C)c1.CN(C)C. The normalized spacial score (nSPS) is 11.5. The van der Waals surface area contributed by atoms with Crippen molar-refractivity contribution in [3.63, 3.8) is 0 Å². The van der Waals surface area contributed by atoms with Crippen LogP contribution in [-0.2, 0) is 0 Å². The van der Waals surface area contributed by atoms with Crippen molar-refractivity contribution in [1.82, 2.24) is 4.90 Å². The lowest BCUT2D eigenvalue weighted by Gasteiger charge is -2.12. The first-order valence-electron chi connectivity index (χ1n) is 7.23. The largest absolute Gasteiger partial charge is 0.312 e. The predicted molar refractivity (Wildman–Crippen MR) is 94.3 cm³/mol. The van der Waals surface area contributed by atoms with E-state index in [4.69, 9.17) is 0 Å². The van der Waals surface area contributed by atoms with Crippen LogP contribution in [0.1, 0.15) is 22.5 Å². The zero-order chi connectivity index (χ0) is 16.7. The molecule has 0 saturated carbocycles. The molecule has 22 heavy (non-hydrogen) atoms. The zero-order valence-corrected chi connectivity index (χ0v) is 13.9. The molecule has 1 atom stereocenters. The second-order valence-corrected chi connectivity index (χ2v) is 5.83. The Balaban J connectivity index is 0.000000541. The van der Waals surface area contributed by atoms with Crippen molar-refractivity contribution in [2.24, 2.45) is 0 Å². The number of nitro benzene ring substituents is 1. The molecule has 0 aromatic heterocycles. The molecule has 0 bridgehead atoms. The van der Waals surface area contributed by atoms with E-state index in [-0.39, 0.29) is 16.4 Å². The van der Waals surface area contributed by atoms with Crippen molar-refractivity contribution in [3.05, 3.63) is 75.3 Å². The molecule has 0 N–H and O–H groups in total. The van der Waals surface area contributed by atoms with Gasteiger partial charge in [-0.15, -0.1) is 0 Å². The van der Waals surface area contributed by atoms with Gasteiger partial charge in [0.05, 0.1) is 4.92 Å². The third-order valence-corrected chi connectivity index (χ3v) is 3.15. The standard InChI is InChI=1S/C14H14BNO2.C3H9N/c1-10-3-2-4-12(9-10)14(15)11-5-7-13(8-6-11)16(17)18;1-4(2)3/h2-9,14H,15H2,1H3;1-3H3. The van der Waals surface area contributed by atoms with Gasteiger partial charge in [0.2, 0.25) is 0 Å². The van der Waals surface area contributed by atoms with E-state index in [9.17, 15) is 10.1 Å². The van der Waals surface area contributed by atoms with E-state index in [0.717, 1.165) is 5.56 Å². The van der Waals surface area contributed by atoms with E-state index in [1.807, 2.05) is 44.2 Å². The highest BCUT2D eigenvalue weighted by molar-refractivity contribution is 6.14. The van der Waals surface area contributed by atoms with Gasteiger partial charge in [0, 0.05) is 12.1 Å². The van der Waals surface area contributed by atoms with Crippen LogP contribution in [-0.4, -0.2) is 38.8 Å². The van der Waals surface area contributed by atoms with Crippen LogP contribution in [0, 0.1) is 17.0 Å². The molecule has 0 fully saturated rings. The fraction of sp³-hybridized carbons (Fsp3) is 0.294. The fourth-order valence-electron chi connectivity index (χ4n) is 2.02. The summed E-state index contributed by atoms with van der Waals surface area (Å²) in [5.74, 6) is 0.241. The van der Waals surface area contributed by atoms with Crippen molar-refractivity contribution in [3.8, 4) is 0 Å². The minimum Gasteiger partial charge on any atom is -0.312 e. The van der Waals surface area contributed by atoms with E-state index in [2.05, 4.69) is 33.0 Å². The van der Waals surface area contributed by atoms with Crippen molar-refractivity contribution in [1.29, 1.82) is 0 Å². The number of aryl methyl sites for hydroxylation is 1. The lowest BCUT2D eigenvalue weighted by Crippen LogP contribution is -2.01. The smallest absolute Gasteiger partial charge is 0.269 e. The monoisotopic (exact) mass is 298 g/mol. The number of hydrogen-bond donors (Lipinski definition) is 0. The summed E-state index contributed by atoms with van der Waals surface area (Å²) < 4.78 is 0. The summed E-state index contributed by atoms with van der Waals surface area (Å²) >= 11 is 0. The Bertz CT molecular complexity index is 610. The van der Waals surface area contributed by atoms with Crippen LogP contribution in [0.3, 0.4) is 0 Å². The minimum atomic E-state index is -0.374. The second-order valence-electron chi connectivity index (χ2n) is 5.83. The topological polar surface area (TPSA) is 46.4 Å². The van der Waals surface area contributed by atoms with Gasteiger partial charge in [-0.25, -0.2) is 0 Å². The van der Waals surface area contributed by atoms with Crippen molar-refractivity contribution in [2.45, 2.75) is 12.7 Å². The Kier molecular flexibility index (Phi) is 6.79. The lowest BCUT2D eigenvalue weighted by molar-refractivity contribution is -0.384. The number of nitro groups is 1. The second kappa shape index (κ2) is 8.34. The quantitative estimate of drug-likeness (QED) is 0.497. The van der Waals surface area contributed by atoms with E-state index < -0.39 is 0 Å². The Labute approximate surface area is 133 Å². The average Bonchev–Trinajstić information content (AvgIpc) is 2.46. The minimum absolute atomic E-state index is 0.134. The van der Waals surface area contributed by atoms with Crippen LogP contribution < -0.4 is 0 Å². The lowest BCUT2D eigenvalue weighted by atomic mass is 9.75. The molecule has 0 heterocycles. The maximum Gasteiger partial charge on any atom is 0.269 e. The summed E-state index contributed by atoms with van der Waals surface area (Å²) in [5.41, 5.74) is 3.67. The molecule has 0 aliphatic carbocycles. The molecule has 0 spiro atoms. The molecule has 0 amide bonds. The summed E-state index contributed by atoms with van der Waals surface area (Å²) in [6.07, 6.45) is 0. The molecule has 0 saturated heterocycles. The number of hydrogen-bond acceptors (Lipinski definition) is 3. The Morgan fingerprint density at radius 3 is 2.05 bits per heavy atom. The third kappa shape index (κ3) is 5.70. The molecule has 5 heteroatoms. The maximum absolute atomic E-state index is 10.6. The summed E-state index contributed by atoms with van der Waals surface area (Å²) in [7, 11) is 8.11. The highest BCUT2D eigenvalue weighted by Gasteiger charge is 2.10. The molecule has 2 rings (SSSR count). The Hall–Kier alpha value is -2.14. The van der Waals surface area contributed by atoms with Crippen LogP contribution in [0.25, 0.3) is 0 Å². The number of rotatable bonds is 3. The highest BCUT2D eigenvalue weighted by atomic mass is 16.6. The fourth-order valence-corrected chi connectivity index (χ4v) is 2.02. The van der Waals surface area contributed by atoms with Crippen molar-refractivity contribution in [2.75, 3.05) is 21.1 Å². The Morgan fingerprint density at radius 1 is 1.05 bits per heavy atom. The van der Waals surface area contributed by atoms with E-state index >= 15 is 0 Å². The van der Waals surface area contributed by atoms with Gasteiger partial charge in [-0.1, -0.05) is 42.0 Å². The molecule has 0 aliphatic heterocycles. The van der Waals surface area contributed by atoms with Gasteiger partial charge in [-0.3, -0.25) is 10.1 Å². The summed E-state index contributed by atoms with van der Waals surface area (Å²) in [4.78, 5) is 12.2. The molecule has 2 aromatic rings. The van der Waals surface area contributed by atoms with Crippen molar-refractivity contribution < 1.29 is 4.92 Å². The highest BCUT2D eigenvalue weighted by Crippen LogP contribution is 2.24. The first-order valence-corrected chi connectivity index (χ1v) is 7.23. The number of non-ortho nitro benzene ring substituents is 1. The molecule has 116 valence electrons. The van der Waals surface area contributed by atoms with E-state index in [1.54, 1.807) is 12.1 Å². The van der Waals surface area contributed by atoms with E-state index in [1.165, 1.54) is 11.1 Å². The first-order chi connectivity index (χ1) is 10.3. The molecule has 2 aromatic carbocycles. The maximum atomic E-state index is 10.6. The predicted octanol–water partition coefficient (Wildman–Crippen LogP) is 2.80. The third-order valence-electron chi connectivity index (χ3n) is 3.15. The van der Waals surface area contributed by atoms with E-state index in [0.29, 0.717) is 0 Å². The number of benzene rings is 2. The van der Waals surface area contributed by atoms with Gasteiger partial charge in [0.25, 0.3) is 5.69 Å². The van der Waals surface area contributed by atoms with Crippen molar-refractivity contribution >= 4 is 13.5 Å². The zero-order valence-electron chi connectivity index (χ0n) is 13.9. The average molecular weight is 298 g/mol. The molecule has 4 nitrogen and oxygen atoms in total. The number of nitrogens with zero attached hydrogens (tertiary/aromatic N) is 2. The summed E-state index contributed by atoms with van der Waals surface area (Å²) in [6.45, 7) is 2.06. The van der Waals surface area contributed by atoms with Gasteiger partial charge in [-0.2, -0.15) is 0 Å². The first kappa shape index (κ1) is 17.9. The van der Waals surface area contributed by atoms with Gasteiger partial charge < -0.3 is 4.90 Å². The van der Waals surface area contributed by atoms with Gasteiger partial charge >= 0.3 is 0 Å². The molecular weight excluding hydrogens is 275 g/mol. The van der Waals surface area contributed by atoms with Crippen LogP contribution >= 0.6 is 0 Å². The summed E-state index contributed by atoms with van der Waals surface area (Å²) in [6, 6.07) is 15.1. The summed E-state index contributed by atoms with van der Waals surface area (Å²) in [5, 5.41) is 10.6. The molecule has 1 unspecified atom stereocenters. The van der Waals surface area contributed by atoms with Gasteiger partial charge in [-0.05, 0) is 45.0 Å². The van der Waals surface area contributed by atoms with Crippen LogP contribution in [0.15, 0.2) is 48.5 Å². The van der Waals surface area contributed by atoms with Crippen LogP contribution in [0.5, 0.6) is 0 Å². The Morgan fingerprint density at radius 2 is 1.59 bits per heavy atom. The van der Waals surface area contributed by atoms with Gasteiger partial charge in [0.15, 0.2) is 0 Å². The van der Waals surface area contributed by atoms with Gasteiger partial charge in [0.1, 0.15) is 7.85 Å². The molecular formula is C17H23BN2O2. The van der Waals surface area contributed by atoms with Crippen LogP contribution in [0.2, 0.25) is 0 Å². The van der Waals surface area contributed by atoms with Crippen LogP contribution in [0.4, 0.5) is 5.69 Å². The molecule has 0 aliphatic rings. The molecule has 0 radical (unpaired) electrons.